The standard InChI is InChI=1S/C18H18ClN3OS/c1-13-6-5-7-14(10-13)12-24-18-21-20-17(22(18)2)11-23-16-9-4-3-8-15(16)19/h3-10H,11-12H2,1-2H3. The molecule has 3 rings (SSSR count). The largest absolute Gasteiger partial charge is 0.484 e. The van der Waals surface area contributed by atoms with Gasteiger partial charge in [-0.25, -0.2) is 0 Å². The van der Waals surface area contributed by atoms with Crippen LogP contribution < -0.4 is 4.74 Å². The van der Waals surface area contributed by atoms with Crippen LogP contribution in [-0.4, -0.2) is 14.8 Å². The molecule has 3 aromatic rings. The van der Waals surface area contributed by atoms with E-state index >= 15 is 0 Å². The van der Waals surface area contributed by atoms with Gasteiger partial charge in [-0.3, -0.25) is 0 Å². The van der Waals surface area contributed by atoms with Gasteiger partial charge in [0.15, 0.2) is 11.0 Å². The molecule has 124 valence electrons. The minimum atomic E-state index is 0.332. The van der Waals surface area contributed by atoms with Crippen LogP contribution in [0.3, 0.4) is 0 Å². The Morgan fingerprint density at radius 3 is 2.75 bits per heavy atom. The predicted octanol–water partition coefficient (Wildman–Crippen LogP) is 4.65. The SMILES string of the molecule is Cc1cccc(CSc2nnc(COc3ccccc3Cl)n2C)c1. The van der Waals surface area contributed by atoms with E-state index in [1.807, 2.05) is 29.8 Å². The lowest BCUT2D eigenvalue weighted by molar-refractivity contribution is 0.290. The molecule has 24 heavy (non-hydrogen) atoms. The Morgan fingerprint density at radius 1 is 1.12 bits per heavy atom. The van der Waals surface area contributed by atoms with Gasteiger partial charge in [-0.15, -0.1) is 10.2 Å². The van der Waals surface area contributed by atoms with E-state index in [1.165, 1.54) is 11.1 Å². The maximum atomic E-state index is 6.09. The van der Waals surface area contributed by atoms with Gasteiger partial charge >= 0.3 is 0 Å². The van der Waals surface area contributed by atoms with Gasteiger partial charge in [0.2, 0.25) is 0 Å². The van der Waals surface area contributed by atoms with Crippen LogP contribution in [0.2, 0.25) is 5.02 Å². The summed E-state index contributed by atoms with van der Waals surface area (Å²) in [6.07, 6.45) is 0. The molecular weight excluding hydrogens is 342 g/mol. The normalized spacial score (nSPS) is 10.8. The molecule has 0 aliphatic heterocycles. The van der Waals surface area contributed by atoms with Gasteiger partial charge in [0.05, 0.1) is 5.02 Å². The van der Waals surface area contributed by atoms with Gasteiger partial charge in [-0.1, -0.05) is 65.3 Å². The molecule has 0 saturated carbocycles. The first-order valence-electron chi connectivity index (χ1n) is 7.57. The number of rotatable bonds is 6. The quantitative estimate of drug-likeness (QED) is 0.601. The molecule has 0 unspecified atom stereocenters. The summed E-state index contributed by atoms with van der Waals surface area (Å²) in [5.41, 5.74) is 2.54. The first-order chi connectivity index (χ1) is 11.6. The summed E-state index contributed by atoms with van der Waals surface area (Å²) in [5.74, 6) is 2.27. The fourth-order valence-corrected chi connectivity index (χ4v) is 3.31. The first kappa shape index (κ1) is 16.9. The van der Waals surface area contributed by atoms with E-state index in [2.05, 4.69) is 41.4 Å². The van der Waals surface area contributed by atoms with Crippen molar-refractivity contribution in [3.8, 4) is 5.75 Å². The summed E-state index contributed by atoms with van der Waals surface area (Å²) >= 11 is 7.76. The zero-order valence-electron chi connectivity index (χ0n) is 13.6. The van der Waals surface area contributed by atoms with Crippen molar-refractivity contribution in [1.29, 1.82) is 0 Å². The summed E-state index contributed by atoms with van der Waals surface area (Å²) < 4.78 is 7.69. The van der Waals surface area contributed by atoms with Crippen molar-refractivity contribution in [1.82, 2.24) is 14.8 Å². The topological polar surface area (TPSA) is 39.9 Å². The van der Waals surface area contributed by atoms with E-state index in [0.29, 0.717) is 17.4 Å². The van der Waals surface area contributed by atoms with E-state index in [0.717, 1.165) is 16.7 Å². The zero-order chi connectivity index (χ0) is 16.9. The molecule has 2 aromatic carbocycles. The molecule has 0 fully saturated rings. The second-order valence-electron chi connectivity index (χ2n) is 5.45. The third kappa shape index (κ3) is 4.10. The van der Waals surface area contributed by atoms with Crippen molar-refractivity contribution in [2.75, 3.05) is 0 Å². The highest BCUT2D eigenvalue weighted by atomic mass is 35.5. The number of aromatic nitrogens is 3. The summed E-state index contributed by atoms with van der Waals surface area (Å²) in [5, 5.41) is 9.93. The molecule has 0 spiro atoms. The fourth-order valence-electron chi connectivity index (χ4n) is 2.25. The lowest BCUT2D eigenvalue weighted by atomic mass is 10.2. The minimum absolute atomic E-state index is 0.332. The summed E-state index contributed by atoms with van der Waals surface area (Å²) in [6.45, 7) is 2.43. The summed E-state index contributed by atoms with van der Waals surface area (Å²) in [7, 11) is 1.95. The number of thioether (sulfide) groups is 1. The monoisotopic (exact) mass is 359 g/mol. The average Bonchev–Trinajstić information content (AvgIpc) is 2.92. The van der Waals surface area contributed by atoms with Crippen LogP contribution in [0.1, 0.15) is 17.0 Å². The molecule has 0 atom stereocenters. The lowest BCUT2D eigenvalue weighted by Gasteiger charge is -2.08. The van der Waals surface area contributed by atoms with Crippen LogP contribution in [0.5, 0.6) is 5.75 Å². The molecule has 0 amide bonds. The molecule has 0 N–H and O–H groups in total. The second kappa shape index (κ2) is 7.73. The minimum Gasteiger partial charge on any atom is -0.484 e. The van der Waals surface area contributed by atoms with Crippen molar-refractivity contribution < 1.29 is 4.74 Å². The first-order valence-corrected chi connectivity index (χ1v) is 8.94. The number of nitrogens with zero attached hydrogens (tertiary/aromatic N) is 3. The maximum absolute atomic E-state index is 6.09. The number of ether oxygens (including phenoxy) is 1. The van der Waals surface area contributed by atoms with Crippen LogP contribution >= 0.6 is 23.4 Å². The van der Waals surface area contributed by atoms with Crippen LogP contribution in [0.15, 0.2) is 53.7 Å². The predicted molar refractivity (Wildman–Crippen MR) is 97.5 cm³/mol. The van der Waals surface area contributed by atoms with Crippen LogP contribution in [-0.2, 0) is 19.4 Å². The molecule has 1 aromatic heterocycles. The highest BCUT2D eigenvalue weighted by molar-refractivity contribution is 7.98. The second-order valence-corrected chi connectivity index (χ2v) is 6.80. The van der Waals surface area contributed by atoms with E-state index in [4.69, 9.17) is 16.3 Å². The van der Waals surface area contributed by atoms with Gasteiger partial charge in [0.25, 0.3) is 0 Å². The van der Waals surface area contributed by atoms with E-state index in [1.54, 1.807) is 17.8 Å². The molecule has 0 bridgehead atoms. The van der Waals surface area contributed by atoms with Crippen molar-refractivity contribution in [2.45, 2.75) is 24.4 Å². The summed E-state index contributed by atoms with van der Waals surface area (Å²) in [4.78, 5) is 0. The van der Waals surface area contributed by atoms with Crippen molar-refractivity contribution >= 4 is 23.4 Å². The van der Waals surface area contributed by atoms with Gasteiger partial charge < -0.3 is 9.30 Å². The van der Waals surface area contributed by atoms with Crippen molar-refractivity contribution in [3.05, 3.63) is 70.5 Å². The van der Waals surface area contributed by atoms with Gasteiger partial charge in [0.1, 0.15) is 12.4 Å². The highest BCUT2D eigenvalue weighted by Gasteiger charge is 2.11. The molecule has 0 saturated heterocycles. The van der Waals surface area contributed by atoms with Crippen LogP contribution in [0.25, 0.3) is 0 Å². The average molecular weight is 360 g/mol. The van der Waals surface area contributed by atoms with Crippen LogP contribution in [0, 0.1) is 6.92 Å². The third-order valence-electron chi connectivity index (χ3n) is 3.57. The zero-order valence-corrected chi connectivity index (χ0v) is 15.1. The molecule has 0 aliphatic rings. The molecular formula is C18H18ClN3OS. The van der Waals surface area contributed by atoms with Gasteiger partial charge in [0, 0.05) is 12.8 Å². The fraction of sp³-hybridized carbons (Fsp3) is 0.222. The van der Waals surface area contributed by atoms with E-state index in [9.17, 15) is 0 Å². The van der Waals surface area contributed by atoms with Crippen molar-refractivity contribution in [3.63, 3.8) is 0 Å². The number of hydrogen-bond donors (Lipinski definition) is 0. The highest BCUT2D eigenvalue weighted by Crippen LogP contribution is 2.25. The number of halogens is 1. The molecule has 1 heterocycles. The molecule has 6 heteroatoms. The summed E-state index contributed by atoms with van der Waals surface area (Å²) in [6, 6.07) is 15.9. The Hall–Kier alpha value is -1.98. The van der Waals surface area contributed by atoms with E-state index < -0.39 is 0 Å². The number of aryl methyl sites for hydroxylation is 1. The number of hydrogen-bond acceptors (Lipinski definition) is 4. The Balaban J connectivity index is 1.62. The van der Waals surface area contributed by atoms with Crippen LogP contribution in [0.4, 0.5) is 0 Å². The Bertz CT molecular complexity index is 835. The smallest absolute Gasteiger partial charge is 0.191 e. The molecule has 0 radical (unpaired) electrons. The number of para-hydroxylation sites is 1. The Kier molecular flexibility index (Phi) is 5.43. The number of benzene rings is 2. The van der Waals surface area contributed by atoms with Gasteiger partial charge in [-0.2, -0.15) is 0 Å². The van der Waals surface area contributed by atoms with Gasteiger partial charge in [-0.05, 0) is 24.6 Å². The maximum Gasteiger partial charge on any atom is 0.191 e. The molecule has 4 nitrogen and oxygen atoms in total. The lowest BCUT2D eigenvalue weighted by Crippen LogP contribution is -2.04. The van der Waals surface area contributed by atoms with Crippen molar-refractivity contribution in [2.24, 2.45) is 7.05 Å². The Morgan fingerprint density at radius 2 is 1.96 bits per heavy atom. The third-order valence-corrected chi connectivity index (χ3v) is 4.97. The Labute approximate surface area is 150 Å². The van der Waals surface area contributed by atoms with E-state index in [-0.39, 0.29) is 0 Å². The molecule has 0 aliphatic carbocycles.